The predicted octanol–water partition coefficient (Wildman–Crippen LogP) is 6.09. The summed E-state index contributed by atoms with van der Waals surface area (Å²) in [5.41, 5.74) is 3.45. The number of halogens is 2. The number of aromatic nitrogens is 2. The number of benzene rings is 3. The van der Waals surface area contributed by atoms with E-state index in [9.17, 15) is 4.79 Å². The normalized spacial score (nSPS) is 17.6. The van der Waals surface area contributed by atoms with Crippen LogP contribution in [0.15, 0.2) is 54.6 Å². The maximum Gasteiger partial charge on any atom is 0.256 e. The van der Waals surface area contributed by atoms with Gasteiger partial charge in [0.05, 0.1) is 26.1 Å². The lowest BCUT2D eigenvalue weighted by Crippen LogP contribution is -2.54. The monoisotopic (exact) mass is 661 g/mol. The van der Waals surface area contributed by atoms with Gasteiger partial charge in [0.1, 0.15) is 5.75 Å². The van der Waals surface area contributed by atoms with Crippen LogP contribution in [-0.4, -0.2) is 54.9 Å². The molecule has 39 heavy (non-hydrogen) atoms. The zero-order chi connectivity index (χ0) is 27.7. The van der Waals surface area contributed by atoms with Crippen molar-refractivity contribution in [2.24, 2.45) is 0 Å². The minimum atomic E-state index is -0.470. The summed E-state index contributed by atoms with van der Waals surface area (Å²) in [7, 11) is 2.95. The van der Waals surface area contributed by atoms with Crippen molar-refractivity contribution in [1.29, 1.82) is 0 Å². The van der Waals surface area contributed by atoms with Crippen LogP contribution in [0.4, 0.5) is 15.9 Å². The van der Waals surface area contributed by atoms with Crippen molar-refractivity contribution in [3.8, 4) is 22.6 Å². The number of methoxy groups -OCH3 is 2. The molecular formula is C28H30FIN5O3P. The second-order valence-corrected chi connectivity index (χ2v) is 11.7. The van der Waals surface area contributed by atoms with Crippen molar-refractivity contribution in [3.63, 3.8) is 0 Å². The summed E-state index contributed by atoms with van der Waals surface area (Å²) in [6.45, 7) is 6.20. The summed E-state index contributed by atoms with van der Waals surface area (Å²) in [4.78, 5) is 15.5. The van der Waals surface area contributed by atoms with Gasteiger partial charge in [-0.05, 0) is 83.9 Å². The van der Waals surface area contributed by atoms with E-state index in [1.165, 1.54) is 20.3 Å². The Morgan fingerprint density at radius 2 is 1.79 bits per heavy atom. The van der Waals surface area contributed by atoms with Gasteiger partial charge >= 0.3 is 0 Å². The minimum Gasteiger partial charge on any atom is -0.497 e. The molecule has 0 aliphatic carbocycles. The minimum absolute atomic E-state index is 0.105. The molecule has 1 unspecified atom stereocenters. The molecule has 1 aliphatic rings. The fourth-order valence-electron chi connectivity index (χ4n) is 5.03. The highest BCUT2D eigenvalue weighted by atomic mass is 127. The van der Waals surface area contributed by atoms with Crippen LogP contribution in [0.5, 0.6) is 11.5 Å². The first-order valence-corrected chi connectivity index (χ1v) is 16.6. The van der Waals surface area contributed by atoms with E-state index in [-0.39, 0.29) is 18.0 Å². The lowest BCUT2D eigenvalue weighted by Gasteiger charge is -2.37. The van der Waals surface area contributed by atoms with Gasteiger partial charge in [-0.15, -0.1) is 5.10 Å². The highest BCUT2D eigenvalue weighted by Gasteiger charge is 2.22. The lowest BCUT2D eigenvalue weighted by molar-refractivity contribution is 0.102. The molecule has 0 radical (unpaired) electrons. The van der Waals surface area contributed by atoms with Crippen molar-refractivity contribution in [3.05, 3.63) is 66.0 Å². The summed E-state index contributed by atoms with van der Waals surface area (Å²) in [5, 5.41) is 11.9. The molecule has 2 N–H and O–H groups in total. The smallest absolute Gasteiger partial charge is 0.256 e. The molecule has 0 saturated carbocycles. The van der Waals surface area contributed by atoms with Crippen molar-refractivity contribution >= 4 is 56.7 Å². The number of ether oxygens (including phenoxy) is 2. The fraction of sp³-hybridized carbons (Fsp3) is 0.286. The molecule has 3 aromatic carbocycles. The molecule has 2 heterocycles. The van der Waals surface area contributed by atoms with Crippen molar-refractivity contribution in [1.82, 2.24) is 14.9 Å². The number of amides is 1. The number of nitrogens with zero attached hydrogens (tertiary/aromatic N) is 3. The van der Waals surface area contributed by atoms with Crippen LogP contribution in [0.1, 0.15) is 24.2 Å². The van der Waals surface area contributed by atoms with Crippen LogP contribution in [0, 0.1) is 5.82 Å². The fourth-order valence-corrected chi connectivity index (χ4v) is 6.55. The number of piperazine rings is 1. The standard InChI is InChI=1S/C28H30FIN5O3P/c1-16-14-34(15-17(2)31-16)20-8-5-18(6-9-20)28(36)32-27-22-10-7-19(11-24(22)35(33-27)39-30)23-12-21(37-3)13-25(38-4)26(23)29/h5-13,16-17,31,39H,14-15H2,1-4H3,(H,32,33,36)/t16-,17+. The maximum absolute atomic E-state index is 15.1. The lowest BCUT2D eigenvalue weighted by atomic mass is 10.0. The van der Waals surface area contributed by atoms with Gasteiger partial charge in [-0.2, -0.15) is 0 Å². The van der Waals surface area contributed by atoms with Gasteiger partial charge in [-0.1, -0.05) is 6.07 Å². The van der Waals surface area contributed by atoms with E-state index in [0.29, 0.717) is 40.3 Å². The van der Waals surface area contributed by atoms with Crippen LogP contribution >= 0.6 is 28.4 Å². The largest absolute Gasteiger partial charge is 0.497 e. The average Bonchev–Trinajstić information content (AvgIpc) is 3.29. The van der Waals surface area contributed by atoms with Gasteiger partial charge in [0.25, 0.3) is 5.91 Å². The summed E-state index contributed by atoms with van der Waals surface area (Å²) >= 11 is 2.24. The topological polar surface area (TPSA) is 80.7 Å². The molecule has 0 bridgehead atoms. The van der Waals surface area contributed by atoms with Crippen LogP contribution in [-0.2, 0) is 0 Å². The molecular weight excluding hydrogens is 631 g/mol. The molecule has 11 heteroatoms. The first kappa shape index (κ1) is 27.6. The Kier molecular flexibility index (Phi) is 8.25. The number of carbonyl (C=O) groups is 1. The summed E-state index contributed by atoms with van der Waals surface area (Å²) in [5.74, 6) is 0.353. The van der Waals surface area contributed by atoms with E-state index in [0.717, 1.165) is 29.7 Å². The number of hydrogen-bond donors (Lipinski definition) is 2. The SMILES string of the molecule is COc1cc(OC)c(F)c(-c2ccc3c(NC(=O)c4ccc(N5C[C@@H](C)N[C@@H](C)C5)cc4)nn(PI)c3c2)c1. The number of carbonyl (C=O) groups excluding carboxylic acids is 1. The molecule has 1 fully saturated rings. The summed E-state index contributed by atoms with van der Waals surface area (Å²) < 4.78 is 27.5. The Hall–Kier alpha value is -2.95. The molecule has 204 valence electrons. The van der Waals surface area contributed by atoms with E-state index >= 15 is 4.39 Å². The van der Waals surface area contributed by atoms with Crippen molar-refractivity contribution in [2.75, 3.05) is 37.5 Å². The molecule has 8 nitrogen and oxygen atoms in total. The van der Waals surface area contributed by atoms with Crippen molar-refractivity contribution < 1.29 is 18.7 Å². The van der Waals surface area contributed by atoms with E-state index in [4.69, 9.17) is 9.47 Å². The number of fused-ring (bicyclic) bond motifs is 1. The molecule has 3 atom stereocenters. The van der Waals surface area contributed by atoms with Crippen LogP contribution in [0.25, 0.3) is 22.0 Å². The molecule has 0 spiro atoms. The average molecular weight is 661 g/mol. The van der Waals surface area contributed by atoms with E-state index in [1.807, 2.05) is 42.5 Å². The van der Waals surface area contributed by atoms with E-state index < -0.39 is 5.82 Å². The maximum atomic E-state index is 15.1. The van der Waals surface area contributed by atoms with E-state index in [2.05, 4.69) is 56.5 Å². The molecule has 1 amide bonds. The Morgan fingerprint density at radius 3 is 2.44 bits per heavy atom. The molecule has 5 rings (SSSR count). The van der Waals surface area contributed by atoms with Gasteiger partial charge in [-0.3, -0.25) is 4.79 Å². The molecule has 1 saturated heterocycles. The third kappa shape index (κ3) is 5.69. The molecule has 1 aromatic heterocycles. The first-order chi connectivity index (χ1) is 18.8. The van der Waals surface area contributed by atoms with Crippen LogP contribution < -0.4 is 25.0 Å². The summed E-state index contributed by atoms with van der Waals surface area (Å²) in [6, 6.07) is 17.2. The Labute approximate surface area is 241 Å². The van der Waals surface area contributed by atoms with Crippen LogP contribution in [0.3, 0.4) is 0 Å². The van der Waals surface area contributed by atoms with Crippen LogP contribution in [0.2, 0.25) is 0 Å². The molecule has 1 aliphatic heterocycles. The second kappa shape index (κ2) is 11.7. The highest BCUT2D eigenvalue weighted by Crippen LogP contribution is 2.38. The number of anilines is 2. The van der Waals surface area contributed by atoms with Gasteiger partial charge in [0, 0.05) is 53.4 Å². The zero-order valence-corrected chi connectivity index (χ0v) is 25.2. The number of rotatable bonds is 7. The quantitative estimate of drug-likeness (QED) is 0.185. The van der Waals surface area contributed by atoms with E-state index in [1.54, 1.807) is 10.5 Å². The van der Waals surface area contributed by atoms with Gasteiger partial charge < -0.3 is 25.0 Å². The number of hydrogen-bond acceptors (Lipinski definition) is 6. The molecule has 4 aromatic rings. The second-order valence-electron chi connectivity index (χ2n) is 9.64. The third-order valence-corrected chi connectivity index (χ3v) is 8.70. The van der Waals surface area contributed by atoms with Gasteiger partial charge in [0.15, 0.2) is 17.4 Å². The number of nitrogens with one attached hydrogen (secondary N) is 2. The Balaban J connectivity index is 1.41. The zero-order valence-electron chi connectivity index (χ0n) is 22.1. The Bertz CT molecular complexity index is 1500. The first-order valence-electron chi connectivity index (χ1n) is 12.5. The van der Waals surface area contributed by atoms with Crippen molar-refractivity contribution in [2.45, 2.75) is 25.9 Å². The van der Waals surface area contributed by atoms with Gasteiger partial charge in [-0.25, -0.2) is 8.84 Å². The summed E-state index contributed by atoms with van der Waals surface area (Å²) in [6.07, 6.45) is 0.281. The third-order valence-electron chi connectivity index (χ3n) is 6.82. The Morgan fingerprint density at radius 1 is 1.08 bits per heavy atom. The predicted molar refractivity (Wildman–Crippen MR) is 165 cm³/mol. The van der Waals surface area contributed by atoms with Gasteiger partial charge in [0.2, 0.25) is 0 Å². The highest BCUT2D eigenvalue weighted by molar-refractivity contribution is 14.2.